The summed E-state index contributed by atoms with van der Waals surface area (Å²) in [4.78, 5) is 12.7. The molecule has 0 saturated carbocycles. The number of tetrazole rings is 1. The number of hydrogen-bond acceptors (Lipinski definition) is 6. The first-order valence-corrected chi connectivity index (χ1v) is 12.8. The standard InChI is InChI=1S/C24H19F6N7O3S/c1-37(2)41(39,40)18-6-3-13(4-7-18)14-5-8-20(19(9-14)21-33-35-36-34-21)32-22(38)31-17-11-15(23(25,26)27)10-16(12-17)24(28,29)30/h3-12H,1-2H3,(H2,31,32,38)(H,33,34,35,36). The molecule has 3 aromatic carbocycles. The molecule has 0 aliphatic carbocycles. The fourth-order valence-electron chi connectivity index (χ4n) is 3.64. The predicted molar refractivity (Wildman–Crippen MR) is 135 cm³/mol. The smallest absolute Gasteiger partial charge is 0.308 e. The molecule has 0 saturated heterocycles. The van der Waals surface area contributed by atoms with E-state index in [1.807, 2.05) is 5.32 Å². The highest BCUT2D eigenvalue weighted by Gasteiger charge is 2.37. The highest BCUT2D eigenvalue weighted by Crippen LogP contribution is 2.38. The van der Waals surface area contributed by atoms with Crippen molar-refractivity contribution >= 4 is 27.4 Å². The molecule has 0 spiro atoms. The third kappa shape index (κ3) is 6.63. The first-order valence-electron chi connectivity index (χ1n) is 11.3. The summed E-state index contributed by atoms with van der Waals surface area (Å²) in [6.07, 6.45) is -10.2. The Balaban J connectivity index is 1.64. The van der Waals surface area contributed by atoms with E-state index in [1.54, 1.807) is 18.2 Å². The lowest BCUT2D eigenvalue weighted by atomic mass is 10.0. The maximum Gasteiger partial charge on any atom is 0.416 e. The molecule has 4 rings (SSSR count). The van der Waals surface area contributed by atoms with E-state index in [2.05, 4.69) is 25.9 Å². The molecule has 10 nitrogen and oxygen atoms in total. The number of anilines is 2. The van der Waals surface area contributed by atoms with Gasteiger partial charge in [0.2, 0.25) is 15.8 Å². The van der Waals surface area contributed by atoms with E-state index in [0.717, 1.165) is 4.31 Å². The van der Waals surface area contributed by atoms with Gasteiger partial charge in [0, 0.05) is 25.3 Å². The van der Waals surface area contributed by atoms with Gasteiger partial charge in [0.05, 0.1) is 21.7 Å². The van der Waals surface area contributed by atoms with Crippen LogP contribution in [0, 0.1) is 0 Å². The van der Waals surface area contributed by atoms with Crippen LogP contribution in [0.5, 0.6) is 0 Å². The number of aromatic amines is 1. The second-order valence-electron chi connectivity index (χ2n) is 8.68. The first kappa shape index (κ1) is 29.5. The highest BCUT2D eigenvalue weighted by atomic mass is 32.2. The Morgan fingerprint density at radius 2 is 1.41 bits per heavy atom. The van der Waals surface area contributed by atoms with Gasteiger partial charge in [-0.3, -0.25) is 0 Å². The Bertz CT molecular complexity index is 1640. The zero-order chi connectivity index (χ0) is 30.2. The molecule has 0 aliphatic heterocycles. The fraction of sp³-hybridized carbons (Fsp3) is 0.167. The van der Waals surface area contributed by atoms with Gasteiger partial charge in [-0.05, 0) is 58.8 Å². The van der Waals surface area contributed by atoms with E-state index in [9.17, 15) is 39.6 Å². The number of H-pyrrole nitrogens is 1. The number of hydrogen-bond donors (Lipinski definition) is 3. The molecule has 1 heterocycles. The van der Waals surface area contributed by atoms with Gasteiger partial charge in [0.25, 0.3) is 0 Å². The second kappa shape index (κ2) is 10.8. The second-order valence-corrected chi connectivity index (χ2v) is 10.8. The first-order chi connectivity index (χ1) is 19.1. The molecule has 3 N–H and O–H groups in total. The number of urea groups is 1. The Morgan fingerprint density at radius 1 is 0.829 bits per heavy atom. The minimum Gasteiger partial charge on any atom is -0.308 e. The van der Waals surface area contributed by atoms with E-state index in [1.165, 1.54) is 38.4 Å². The molecule has 216 valence electrons. The minimum atomic E-state index is -5.09. The summed E-state index contributed by atoms with van der Waals surface area (Å²) >= 11 is 0. The van der Waals surface area contributed by atoms with Crippen molar-refractivity contribution in [3.05, 3.63) is 71.8 Å². The van der Waals surface area contributed by atoms with E-state index in [4.69, 9.17) is 0 Å². The molecular formula is C24H19F6N7O3S. The molecule has 17 heteroatoms. The number of alkyl halides is 6. The summed E-state index contributed by atoms with van der Waals surface area (Å²) in [6.45, 7) is 0. The Kier molecular flexibility index (Phi) is 7.77. The number of nitrogens with one attached hydrogen (secondary N) is 3. The summed E-state index contributed by atoms with van der Waals surface area (Å²) < 4.78 is 105. The van der Waals surface area contributed by atoms with Crippen LogP contribution >= 0.6 is 0 Å². The van der Waals surface area contributed by atoms with Crippen molar-refractivity contribution in [2.75, 3.05) is 24.7 Å². The van der Waals surface area contributed by atoms with Crippen molar-refractivity contribution in [3.8, 4) is 22.5 Å². The van der Waals surface area contributed by atoms with E-state index in [-0.39, 0.29) is 28.0 Å². The van der Waals surface area contributed by atoms with Gasteiger partial charge in [-0.1, -0.05) is 18.2 Å². The molecule has 41 heavy (non-hydrogen) atoms. The summed E-state index contributed by atoms with van der Waals surface area (Å²) in [5, 5.41) is 17.8. The van der Waals surface area contributed by atoms with Crippen LogP contribution in [0.15, 0.2) is 65.6 Å². The molecule has 0 atom stereocenters. The van der Waals surface area contributed by atoms with Crippen molar-refractivity contribution in [1.29, 1.82) is 0 Å². The topological polar surface area (TPSA) is 133 Å². The number of amides is 2. The zero-order valence-electron chi connectivity index (χ0n) is 21.0. The lowest BCUT2D eigenvalue weighted by molar-refractivity contribution is -0.143. The SMILES string of the molecule is CN(C)S(=O)(=O)c1ccc(-c2ccc(NC(=O)Nc3cc(C(F)(F)F)cc(C(F)(F)F)c3)c(-c3nn[nH]n3)c2)cc1. The molecule has 4 aromatic rings. The Labute approximate surface area is 228 Å². The largest absolute Gasteiger partial charge is 0.416 e. The zero-order valence-corrected chi connectivity index (χ0v) is 21.8. The van der Waals surface area contributed by atoms with Crippen molar-refractivity contribution in [3.63, 3.8) is 0 Å². The third-order valence-corrected chi connectivity index (χ3v) is 7.50. The van der Waals surface area contributed by atoms with Crippen molar-refractivity contribution < 1.29 is 39.6 Å². The molecule has 0 bridgehead atoms. The summed E-state index contributed by atoms with van der Waals surface area (Å²) in [5.74, 6) is 0.00684. The number of nitrogens with zero attached hydrogens (tertiary/aromatic N) is 4. The molecule has 2 amide bonds. The fourth-order valence-corrected chi connectivity index (χ4v) is 4.54. The Hall–Kier alpha value is -4.51. The Morgan fingerprint density at radius 3 is 1.93 bits per heavy atom. The van der Waals surface area contributed by atoms with Crippen LogP contribution in [0.3, 0.4) is 0 Å². The van der Waals surface area contributed by atoms with Gasteiger partial charge in [-0.25, -0.2) is 17.5 Å². The van der Waals surface area contributed by atoms with Gasteiger partial charge in [0.1, 0.15) is 0 Å². The normalized spacial score (nSPS) is 12.4. The van der Waals surface area contributed by atoms with Crippen LogP contribution in [0.25, 0.3) is 22.5 Å². The third-order valence-electron chi connectivity index (χ3n) is 5.67. The van der Waals surface area contributed by atoms with E-state index in [0.29, 0.717) is 23.3 Å². The molecular weight excluding hydrogens is 580 g/mol. The average molecular weight is 600 g/mol. The number of sulfonamides is 1. The van der Waals surface area contributed by atoms with Crippen LogP contribution in [-0.4, -0.2) is 53.5 Å². The quantitative estimate of drug-likeness (QED) is 0.252. The molecule has 1 aromatic heterocycles. The van der Waals surface area contributed by atoms with E-state index < -0.39 is 45.2 Å². The summed E-state index contributed by atoms with van der Waals surface area (Å²) in [5.41, 5.74) is -2.58. The van der Waals surface area contributed by atoms with Crippen LogP contribution in [-0.2, 0) is 22.4 Å². The number of halogens is 6. The molecule has 0 radical (unpaired) electrons. The molecule has 0 aliphatic rings. The molecule has 0 unspecified atom stereocenters. The van der Waals surface area contributed by atoms with Gasteiger partial charge < -0.3 is 10.6 Å². The predicted octanol–water partition coefficient (Wildman–Crippen LogP) is 5.47. The van der Waals surface area contributed by atoms with Crippen LogP contribution in [0.1, 0.15) is 11.1 Å². The van der Waals surface area contributed by atoms with Crippen molar-refractivity contribution in [2.45, 2.75) is 17.2 Å². The van der Waals surface area contributed by atoms with Crippen molar-refractivity contribution in [2.24, 2.45) is 0 Å². The number of carbonyl (C=O) groups excluding carboxylic acids is 1. The van der Waals surface area contributed by atoms with E-state index >= 15 is 0 Å². The highest BCUT2D eigenvalue weighted by molar-refractivity contribution is 7.89. The maximum atomic E-state index is 13.2. The summed E-state index contributed by atoms with van der Waals surface area (Å²) in [6, 6.07) is 9.93. The lowest BCUT2D eigenvalue weighted by Crippen LogP contribution is -2.22. The van der Waals surface area contributed by atoms with Crippen LogP contribution in [0.2, 0.25) is 0 Å². The lowest BCUT2D eigenvalue weighted by Gasteiger charge is -2.16. The van der Waals surface area contributed by atoms with Gasteiger partial charge in [-0.2, -0.15) is 31.6 Å². The number of carbonyl (C=O) groups is 1. The van der Waals surface area contributed by atoms with Crippen molar-refractivity contribution in [1.82, 2.24) is 24.9 Å². The van der Waals surface area contributed by atoms with Gasteiger partial charge in [0.15, 0.2) is 0 Å². The monoisotopic (exact) mass is 599 g/mol. The molecule has 0 fully saturated rings. The number of benzene rings is 3. The number of aromatic nitrogens is 4. The van der Waals surface area contributed by atoms with Crippen LogP contribution in [0.4, 0.5) is 42.5 Å². The summed E-state index contributed by atoms with van der Waals surface area (Å²) in [7, 11) is -0.879. The van der Waals surface area contributed by atoms with Crippen LogP contribution < -0.4 is 10.6 Å². The van der Waals surface area contributed by atoms with Gasteiger partial charge in [-0.15, -0.1) is 10.2 Å². The van der Waals surface area contributed by atoms with Gasteiger partial charge >= 0.3 is 18.4 Å². The average Bonchev–Trinajstić information content (AvgIpc) is 3.42. The minimum absolute atomic E-state index is 0.00684. The maximum absolute atomic E-state index is 13.2. The number of rotatable bonds is 6.